The van der Waals surface area contributed by atoms with E-state index in [2.05, 4.69) is 9.97 Å². The Kier molecular flexibility index (Phi) is 5.76. The van der Waals surface area contributed by atoms with E-state index in [0.29, 0.717) is 28.7 Å². The molecule has 2 aliphatic heterocycles. The fraction of sp³-hybridized carbons (Fsp3) is 0.500. The molecule has 168 valence electrons. The minimum Gasteiger partial charge on any atom is -0.341 e. The number of aromatic nitrogens is 2. The number of hydrogen-bond acceptors (Lipinski definition) is 5. The minimum atomic E-state index is -3.67. The van der Waals surface area contributed by atoms with Crippen molar-refractivity contribution >= 4 is 16.7 Å². The van der Waals surface area contributed by atoms with E-state index in [1.165, 1.54) is 0 Å². The Labute approximate surface area is 178 Å². The van der Waals surface area contributed by atoms with Crippen molar-refractivity contribution in [3.63, 3.8) is 0 Å². The summed E-state index contributed by atoms with van der Waals surface area (Å²) >= 11 is 0. The van der Waals surface area contributed by atoms with E-state index in [0.717, 1.165) is 30.6 Å². The molecule has 0 bridgehead atoms. The van der Waals surface area contributed by atoms with Crippen LogP contribution in [0.2, 0.25) is 0 Å². The summed E-state index contributed by atoms with van der Waals surface area (Å²) in [6, 6.07) is 7.56. The van der Waals surface area contributed by atoms with Gasteiger partial charge in [0.25, 0.3) is 5.92 Å². The molecule has 5 nitrogen and oxygen atoms in total. The van der Waals surface area contributed by atoms with E-state index in [-0.39, 0.29) is 18.5 Å². The lowest BCUT2D eigenvalue weighted by atomic mass is 9.92. The topological polar surface area (TPSA) is 72.1 Å². The van der Waals surface area contributed by atoms with E-state index in [4.69, 9.17) is 5.73 Å². The molecule has 31 heavy (non-hydrogen) atoms. The predicted molar refractivity (Wildman–Crippen MR) is 107 cm³/mol. The maximum atomic E-state index is 14.4. The largest absolute Gasteiger partial charge is 0.379 e. The molecule has 0 saturated carbocycles. The quantitative estimate of drug-likeness (QED) is 0.710. The van der Waals surface area contributed by atoms with E-state index in [1.807, 2.05) is 29.2 Å². The Morgan fingerprint density at radius 2 is 1.68 bits per heavy atom. The Balaban J connectivity index is 0.000000535. The van der Waals surface area contributed by atoms with Gasteiger partial charge in [-0.15, -0.1) is 0 Å². The molecule has 1 aromatic heterocycles. The highest BCUT2D eigenvalue weighted by Gasteiger charge is 2.44. The summed E-state index contributed by atoms with van der Waals surface area (Å²) in [5, 5.41) is 0. The van der Waals surface area contributed by atoms with Gasteiger partial charge in [0.1, 0.15) is 5.69 Å². The van der Waals surface area contributed by atoms with Gasteiger partial charge >= 0.3 is 6.68 Å². The van der Waals surface area contributed by atoms with Crippen molar-refractivity contribution in [3.8, 4) is 11.3 Å². The van der Waals surface area contributed by atoms with Crippen LogP contribution in [0.15, 0.2) is 24.3 Å². The number of benzene rings is 1. The first-order valence-corrected chi connectivity index (χ1v) is 11.3. The zero-order chi connectivity index (χ0) is 22.4. The molecular weight excluding hydrogens is 439 g/mol. The van der Waals surface area contributed by atoms with Crippen molar-refractivity contribution in [2.75, 3.05) is 29.5 Å². The number of nitrogens with two attached hydrogens (primary N) is 1. The third-order valence-corrected chi connectivity index (χ3v) is 7.41. The Morgan fingerprint density at radius 1 is 1.06 bits per heavy atom. The molecule has 5 rings (SSSR count). The zero-order valence-electron chi connectivity index (χ0n) is 16.5. The molecule has 1 aliphatic carbocycles. The molecule has 2 aromatic rings. The number of nitrogens with zero attached hydrogens (tertiary/aromatic N) is 3. The first kappa shape index (κ1) is 22.1. The van der Waals surface area contributed by atoms with Crippen LogP contribution in [0, 0.1) is 0 Å². The summed E-state index contributed by atoms with van der Waals surface area (Å²) in [4.78, 5) is 10.8. The van der Waals surface area contributed by atoms with Crippen LogP contribution in [0.3, 0.4) is 0 Å². The van der Waals surface area contributed by atoms with Crippen LogP contribution < -0.4 is 10.6 Å². The summed E-state index contributed by atoms with van der Waals surface area (Å²) in [5.74, 6) is -1.59. The highest BCUT2D eigenvalue weighted by Crippen LogP contribution is 2.44. The fourth-order valence-corrected chi connectivity index (χ4v) is 5.37. The van der Waals surface area contributed by atoms with Crippen LogP contribution in [-0.4, -0.2) is 45.5 Å². The number of halogens is 5. The third kappa shape index (κ3) is 4.30. The highest BCUT2D eigenvalue weighted by atomic mass is 32.2. The summed E-state index contributed by atoms with van der Waals surface area (Å²) in [6.45, 7) is -2.06. The number of rotatable bonds is 3. The normalized spacial score (nSPS) is 25.9. The zero-order valence-corrected chi connectivity index (χ0v) is 17.3. The van der Waals surface area contributed by atoms with Crippen LogP contribution in [0.5, 0.6) is 0 Å². The number of anilines is 1. The molecule has 0 amide bonds. The molecule has 0 atom stereocenters. The molecule has 2 N–H and O–H groups in total. The Bertz CT molecular complexity index is 987. The molecule has 0 unspecified atom stereocenters. The Morgan fingerprint density at radius 3 is 2.19 bits per heavy atom. The summed E-state index contributed by atoms with van der Waals surface area (Å²) in [5.41, 5.74) is 8.47. The molecule has 3 aliphatic rings. The van der Waals surface area contributed by atoms with Gasteiger partial charge in [0.2, 0.25) is 5.95 Å². The van der Waals surface area contributed by atoms with Crippen molar-refractivity contribution in [1.29, 1.82) is 0 Å². The van der Waals surface area contributed by atoms with Crippen molar-refractivity contribution < 1.29 is 26.2 Å². The van der Waals surface area contributed by atoms with E-state index in [1.54, 1.807) is 0 Å². The number of alkyl halides is 5. The fourth-order valence-electron chi connectivity index (χ4n) is 3.97. The SMILES string of the molecule is FC(F)F.NC1(c2ccc(-c3nc(N4CCC4)nc4c3CCC4(F)F)cc2)CS(=O)C1. The highest BCUT2D eigenvalue weighted by molar-refractivity contribution is 7.86. The maximum absolute atomic E-state index is 14.4. The lowest BCUT2D eigenvalue weighted by Gasteiger charge is -2.37. The number of fused-ring (bicyclic) bond motifs is 1. The first-order chi connectivity index (χ1) is 14.6. The van der Waals surface area contributed by atoms with E-state index in [9.17, 15) is 26.2 Å². The summed E-state index contributed by atoms with van der Waals surface area (Å²) in [6.07, 6.45) is 1.09. The Hall–Kier alpha value is -2.14. The average molecular weight is 460 g/mol. The second kappa shape index (κ2) is 8.09. The van der Waals surface area contributed by atoms with E-state index >= 15 is 0 Å². The minimum absolute atomic E-state index is 0.122. The molecular formula is C20H21F5N4OS. The molecule has 11 heteroatoms. The second-order valence-electron chi connectivity index (χ2n) is 7.95. The molecule has 2 fully saturated rings. The van der Waals surface area contributed by atoms with Crippen molar-refractivity contribution in [1.82, 2.24) is 9.97 Å². The molecule has 0 spiro atoms. The summed E-state index contributed by atoms with van der Waals surface area (Å²) < 4.78 is 69.1. The van der Waals surface area contributed by atoms with Gasteiger partial charge in [-0.1, -0.05) is 24.3 Å². The lowest BCUT2D eigenvalue weighted by Crippen LogP contribution is -2.55. The predicted octanol–water partition coefficient (Wildman–Crippen LogP) is 3.49. The smallest absolute Gasteiger partial charge is 0.341 e. The van der Waals surface area contributed by atoms with Gasteiger partial charge in [-0.05, 0) is 18.4 Å². The van der Waals surface area contributed by atoms with Gasteiger partial charge in [-0.2, -0.15) is 22.0 Å². The second-order valence-corrected chi connectivity index (χ2v) is 9.41. The average Bonchev–Trinajstić information content (AvgIpc) is 2.93. The monoisotopic (exact) mass is 460 g/mol. The van der Waals surface area contributed by atoms with Gasteiger partial charge < -0.3 is 10.6 Å². The maximum Gasteiger partial charge on any atom is 0.379 e. The molecule has 0 radical (unpaired) electrons. The van der Waals surface area contributed by atoms with Crippen LogP contribution >= 0.6 is 0 Å². The third-order valence-electron chi connectivity index (χ3n) is 5.74. The van der Waals surface area contributed by atoms with Crippen LogP contribution in [-0.2, 0) is 28.7 Å². The first-order valence-electron chi connectivity index (χ1n) is 9.80. The molecule has 1 aromatic carbocycles. The molecule has 2 saturated heterocycles. The van der Waals surface area contributed by atoms with Gasteiger partial charge in [-0.25, -0.2) is 9.97 Å². The van der Waals surface area contributed by atoms with Gasteiger partial charge in [-0.3, -0.25) is 4.21 Å². The van der Waals surface area contributed by atoms with Crippen molar-refractivity contribution in [3.05, 3.63) is 41.1 Å². The van der Waals surface area contributed by atoms with Crippen LogP contribution in [0.4, 0.5) is 27.9 Å². The van der Waals surface area contributed by atoms with Gasteiger partial charge in [0.15, 0.2) is 0 Å². The lowest BCUT2D eigenvalue weighted by molar-refractivity contribution is -0.00596. The molecule has 3 heterocycles. The van der Waals surface area contributed by atoms with Crippen LogP contribution in [0.1, 0.15) is 29.7 Å². The number of hydrogen-bond donors (Lipinski definition) is 1. The van der Waals surface area contributed by atoms with Gasteiger partial charge in [0.05, 0.1) is 11.2 Å². The van der Waals surface area contributed by atoms with E-state index < -0.39 is 28.9 Å². The van der Waals surface area contributed by atoms with Gasteiger partial charge in [0, 0.05) is 52.9 Å². The van der Waals surface area contributed by atoms with Crippen molar-refractivity contribution in [2.45, 2.75) is 37.4 Å². The standard InChI is InChI=1S/C19H20F2N4OS.CHF3/c20-19(21)7-6-14-15(23-17(24-16(14)19)25-8-1-9-25)12-2-4-13(5-3-12)18(22)10-27(26)11-18;2-1(3)4/h2-5H,1,6-11,22H2;1H. The summed E-state index contributed by atoms with van der Waals surface area (Å²) in [7, 11) is -0.849. The van der Waals surface area contributed by atoms with Crippen LogP contribution in [0.25, 0.3) is 11.3 Å². The van der Waals surface area contributed by atoms with Crippen molar-refractivity contribution in [2.24, 2.45) is 5.73 Å².